The van der Waals surface area contributed by atoms with Crippen molar-refractivity contribution in [1.82, 2.24) is 0 Å². The first-order valence-electron chi connectivity index (χ1n) is 5.77. The van der Waals surface area contributed by atoms with Gasteiger partial charge >= 0.3 is 0 Å². The summed E-state index contributed by atoms with van der Waals surface area (Å²) >= 11 is 0. The van der Waals surface area contributed by atoms with Gasteiger partial charge in [-0.15, -0.1) is 0 Å². The van der Waals surface area contributed by atoms with Crippen LogP contribution in [0.15, 0.2) is 18.2 Å². The number of hydrogen-bond donors (Lipinski definition) is 0. The van der Waals surface area contributed by atoms with Gasteiger partial charge in [0.1, 0.15) is 5.75 Å². The van der Waals surface area contributed by atoms with Crippen LogP contribution in [0.25, 0.3) is 0 Å². The molecule has 2 rings (SSSR count). The fourth-order valence-electron chi connectivity index (χ4n) is 2.20. The van der Waals surface area contributed by atoms with Crippen LogP contribution in [0.5, 0.6) is 5.75 Å². The summed E-state index contributed by atoms with van der Waals surface area (Å²) in [5, 5.41) is 0. The Hall–Kier alpha value is -1.18. The molecular weight excluding hydrogens is 186 g/mol. The van der Waals surface area contributed by atoms with Crippen LogP contribution in [0, 0.1) is 0 Å². The van der Waals surface area contributed by atoms with Crippen LogP contribution in [0.2, 0.25) is 0 Å². The third-order valence-corrected chi connectivity index (χ3v) is 3.12. The number of hydrogen-bond acceptors (Lipinski definition) is 2. The van der Waals surface area contributed by atoms with Gasteiger partial charge in [-0.2, -0.15) is 0 Å². The maximum absolute atomic E-state index is 5.41. The van der Waals surface area contributed by atoms with Gasteiger partial charge in [0.05, 0.1) is 7.11 Å². The molecule has 0 saturated carbocycles. The summed E-state index contributed by atoms with van der Waals surface area (Å²) in [7, 11) is 1.75. The number of rotatable bonds is 3. The van der Waals surface area contributed by atoms with E-state index in [1.54, 1.807) is 7.11 Å². The zero-order valence-corrected chi connectivity index (χ0v) is 9.62. The van der Waals surface area contributed by atoms with Crippen molar-refractivity contribution in [3.05, 3.63) is 23.8 Å². The van der Waals surface area contributed by atoms with E-state index in [4.69, 9.17) is 4.74 Å². The molecule has 1 aliphatic heterocycles. The summed E-state index contributed by atoms with van der Waals surface area (Å²) in [6.45, 7) is 4.54. The average Bonchev–Trinajstić information content (AvgIpc) is 2.81. The lowest BCUT2D eigenvalue weighted by Gasteiger charge is -2.19. The Kier molecular flexibility index (Phi) is 3.14. The molecule has 0 N–H and O–H groups in total. The summed E-state index contributed by atoms with van der Waals surface area (Å²) in [6.07, 6.45) is 3.67. The molecule has 0 unspecified atom stereocenters. The van der Waals surface area contributed by atoms with E-state index in [1.165, 1.54) is 37.2 Å². The van der Waals surface area contributed by atoms with Gasteiger partial charge in [-0.25, -0.2) is 0 Å². The van der Waals surface area contributed by atoms with Gasteiger partial charge in [0.25, 0.3) is 0 Å². The number of methoxy groups -OCH3 is 1. The second-order valence-corrected chi connectivity index (χ2v) is 4.04. The fourth-order valence-corrected chi connectivity index (χ4v) is 2.20. The van der Waals surface area contributed by atoms with Crippen LogP contribution < -0.4 is 9.64 Å². The first kappa shape index (κ1) is 10.3. The lowest BCUT2D eigenvalue weighted by Crippen LogP contribution is -2.17. The molecular formula is C13H19NO. The van der Waals surface area contributed by atoms with Gasteiger partial charge in [-0.3, -0.25) is 0 Å². The van der Waals surface area contributed by atoms with E-state index < -0.39 is 0 Å². The molecule has 1 aliphatic rings. The van der Waals surface area contributed by atoms with Gasteiger partial charge in [0.2, 0.25) is 0 Å². The van der Waals surface area contributed by atoms with Crippen LogP contribution in [-0.4, -0.2) is 20.2 Å². The standard InChI is InChI=1S/C13H19NO/c1-3-11-6-7-12(10-13(11)15-2)14-8-4-5-9-14/h6-7,10H,3-5,8-9H2,1-2H3. The maximum atomic E-state index is 5.41. The largest absolute Gasteiger partial charge is 0.496 e. The monoisotopic (exact) mass is 205 g/mol. The smallest absolute Gasteiger partial charge is 0.124 e. The number of benzene rings is 1. The molecule has 2 heteroatoms. The van der Waals surface area contributed by atoms with Crippen molar-refractivity contribution < 1.29 is 4.74 Å². The molecule has 0 aliphatic carbocycles. The molecule has 0 atom stereocenters. The highest BCUT2D eigenvalue weighted by Gasteiger charge is 2.13. The average molecular weight is 205 g/mol. The molecule has 1 aromatic rings. The molecule has 1 aromatic carbocycles. The minimum atomic E-state index is 1.03. The Balaban J connectivity index is 2.25. The topological polar surface area (TPSA) is 12.5 Å². The molecule has 0 radical (unpaired) electrons. The minimum absolute atomic E-state index is 1.03. The lowest BCUT2D eigenvalue weighted by atomic mass is 10.1. The Bertz CT molecular complexity index is 329. The van der Waals surface area contributed by atoms with Crippen LogP contribution >= 0.6 is 0 Å². The molecule has 0 amide bonds. The third kappa shape index (κ3) is 2.09. The Morgan fingerprint density at radius 3 is 2.60 bits per heavy atom. The zero-order chi connectivity index (χ0) is 10.7. The van der Waals surface area contributed by atoms with Gasteiger partial charge in [0, 0.05) is 24.8 Å². The molecule has 0 bridgehead atoms. The normalized spacial score (nSPS) is 15.7. The molecule has 0 aromatic heterocycles. The van der Waals surface area contributed by atoms with Gasteiger partial charge in [-0.05, 0) is 30.9 Å². The molecule has 2 nitrogen and oxygen atoms in total. The summed E-state index contributed by atoms with van der Waals surface area (Å²) in [5.74, 6) is 1.03. The van der Waals surface area contributed by atoms with Crippen molar-refractivity contribution in [2.75, 3.05) is 25.1 Å². The van der Waals surface area contributed by atoms with E-state index in [1.807, 2.05) is 0 Å². The summed E-state index contributed by atoms with van der Waals surface area (Å²) in [5.41, 5.74) is 2.60. The SMILES string of the molecule is CCc1ccc(N2CCCC2)cc1OC. The molecule has 0 spiro atoms. The van der Waals surface area contributed by atoms with Crippen LogP contribution in [0.4, 0.5) is 5.69 Å². The molecule has 1 fully saturated rings. The van der Waals surface area contributed by atoms with Gasteiger partial charge in [0.15, 0.2) is 0 Å². The highest BCUT2D eigenvalue weighted by molar-refractivity contribution is 5.54. The van der Waals surface area contributed by atoms with E-state index in [0.29, 0.717) is 0 Å². The highest BCUT2D eigenvalue weighted by atomic mass is 16.5. The minimum Gasteiger partial charge on any atom is -0.496 e. The summed E-state index contributed by atoms with van der Waals surface area (Å²) < 4.78 is 5.41. The number of nitrogens with zero attached hydrogens (tertiary/aromatic N) is 1. The second-order valence-electron chi connectivity index (χ2n) is 4.04. The predicted molar refractivity (Wildman–Crippen MR) is 63.8 cm³/mol. The van der Waals surface area contributed by atoms with E-state index in [9.17, 15) is 0 Å². The fraction of sp³-hybridized carbons (Fsp3) is 0.538. The lowest BCUT2D eigenvalue weighted by molar-refractivity contribution is 0.410. The Morgan fingerprint density at radius 1 is 1.27 bits per heavy atom. The number of aryl methyl sites for hydroxylation is 1. The van der Waals surface area contributed by atoms with Crippen molar-refractivity contribution in [3.63, 3.8) is 0 Å². The zero-order valence-electron chi connectivity index (χ0n) is 9.62. The Morgan fingerprint density at radius 2 is 2.00 bits per heavy atom. The summed E-state index contributed by atoms with van der Waals surface area (Å²) in [4.78, 5) is 2.43. The maximum Gasteiger partial charge on any atom is 0.124 e. The first-order valence-corrected chi connectivity index (χ1v) is 5.77. The second kappa shape index (κ2) is 4.56. The number of anilines is 1. The van der Waals surface area contributed by atoms with E-state index in [-0.39, 0.29) is 0 Å². The molecule has 1 saturated heterocycles. The molecule has 1 heterocycles. The van der Waals surface area contributed by atoms with Crippen LogP contribution in [-0.2, 0) is 6.42 Å². The van der Waals surface area contributed by atoms with E-state index in [0.717, 1.165) is 12.2 Å². The van der Waals surface area contributed by atoms with Crippen molar-refractivity contribution in [2.24, 2.45) is 0 Å². The van der Waals surface area contributed by atoms with E-state index in [2.05, 4.69) is 30.0 Å². The van der Waals surface area contributed by atoms with Crippen molar-refractivity contribution >= 4 is 5.69 Å². The van der Waals surface area contributed by atoms with Gasteiger partial charge < -0.3 is 9.64 Å². The van der Waals surface area contributed by atoms with Gasteiger partial charge in [-0.1, -0.05) is 13.0 Å². The predicted octanol–water partition coefficient (Wildman–Crippen LogP) is 2.86. The van der Waals surface area contributed by atoms with Crippen LogP contribution in [0.1, 0.15) is 25.3 Å². The van der Waals surface area contributed by atoms with Crippen molar-refractivity contribution in [2.45, 2.75) is 26.2 Å². The highest BCUT2D eigenvalue weighted by Crippen LogP contribution is 2.28. The number of ether oxygens (including phenoxy) is 1. The van der Waals surface area contributed by atoms with E-state index >= 15 is 0 Å². The quantitative estimate of drug-likeness (QED) is 0.752. The van der Waals surface area contributed by atoms with Crippen molar-refractivity contribution in [1.29, 1.82) is 0 Å². The van der Waals surface area contributed by atoms with Crippen molar-refractivity contribution in [3.8, 4) is 5.75 Å². The molecule has 15 heavy (non-hydrogen) atoms. The molecule has 82 valence electrons. The third-order valence-electron chi connectivity index (χ3n) is 3.12. The van der Waals surface area contributed by atoms with Crippen LogP contribution in [0.3, 0.4) is 0 Å². The summed E-state index contributed by atoms with van der Waals surface area (Å²) in [6, 6.07) is 6.57. The Labute approximate surface area is 91.9 Å². The first-order chi connectivity index (χ1) is 7.35.